The van der Waals surface area contributed by atoms with Gasteiger partial charge < -0.3 is 11.1 Å². The highest BCUT2D eigenvalue weighted by Crippen LogP contribution is 2.05. The summed E-state index contributed by atoms with van der Waals surface area (Å²) in [5.41, 5.74) is 6.66. The molecule has 0 fully saturated rings. The Morgan fingerprint density at radius 2 is 1.87 bits per heavy atom. The van der Waals surface area contributed by atoms with Crippen LogP contribution in [0.25, 0.3) is 0 Å². The lowest BCUT2D eigenvalue weighted by Gasteiger charge is -2.12. The van der Waals surface area contributed by atoms with E-state index in [2.05, 4.69) is 5.32 Å². The van der Waals surface area contributed by atoms with Gasteiger partial charge in [0.05, 0.1) is 0 Å². The topological polar surface area (TPSA) is 55.1 Å². The fourth-order valence-corrected chi connectivity index (χ4v) is 1.02. The van der Waals surface area contributed by atoms with E-state index in [1.807, 2.05) is 44.2 Å². The first-order valence-corrected chi connectivity index (χ1v) is 5.34. The quantitative estimate of drug-likeness (QED) is 0.748. The van der Waals surface area contributed by atoms with Crippen LogP contribution in [0.15, 0.2) is 30.3 Å². The zero-order valence-electron chi connectivity index (χ0n) is 9.66. The Hall–Kier alpha value is -1.35. The summed E-state index contributed by atoms with van der Waals surface area (Å²) < 4.78 is 0. The first-order valence-electron chi connectivity index (χ1n) is 5.34. The van der Waals surface area contributed by atoms with Crippen LogP contribution in [0.4, 0.5) is 0 Å². The second-order valence-corrected chi connectivity index (χ2v) is 2.81. The SMILES string of the molecule is CC.CCC(=O)NC(N)c1ccccc1. The Labute approximate surface area is 91.7 Å². The number of carbonyl (C=O) groups is 1. The molecule has 0 aliphatic heterocycles. The molecule has 3 N–H and O–H groups in total. The Morgan fingerprint density at radius 3 is 2.33 bits per heavy atom. The van der Waals surface area contributed by atoms with Gasteiger partial charge in [-0.05, 0) is 5.56 Å². The Morgan fingerprint density at radius 1 is 1.33 bits per heavy atom. The molecule has 1 aromatic carbocycles. The fourth-order valence-electron chi connectivity index (χ4n) is 1.02. The van der Waals surface area contributed by atoms with Gasteiger partial charge in [-0.2, -0.15) is 0 Å². The fraction of sp³-hybridized carbons (Fsp3) is 0.417. The number of nitrogens with two attached hydrogens (primary N) is 1. The summed E-state index contributed by atoms with van der Waals surface area (Å²) in [5.74, 6) is -0.0312. The number of benzene rings is 1. The predicted molar refractivity (Wildman–Crippen MR) is 63.2 cm³/mol. The number of hydrogen-bond acceptors (Lipinski definition) is 2. The third-order valence-corrected chi connectivity index (χ3v) is 1.80. The summed E-state index contributed by atoms with van der Waals surface area (Å²) in [6.07, 6.45) is 0.0641. The first-order chi connectivity index (χ1) is 7.24. The van der Waals surface area contributed by atoms with Gasteiger partial charge in [-0.3, -0.25) is 4.79 Å². The molecule has 0 spiro atoms. The molecule has 1 aromatic rings. The number of nitrogens with one attached hydrogen (secondary N) is 1. The van der Waals surface area contributed by atoms with Gasteiger partial charge in [0, 0.05) is 6.42 Å². The highest BCUT2D eigenvalue weighted by atomic mass is 16.1. The Kier molecular flexibility index (Phi) is 7.28. The molecule has 1 rings (SSSR count). The number of rotatable bonds is 3. The van der Waals surface area contributed by atoms with Crippen LogP contribution in [0.2, 0.25) is 0 Å². The molecule has 1 amide bonds. The maximum atomic E-state index is 11.0. The minimum Gasteiger partial charge on any atom is -0.337 e. The van der Waals surface area contributed by atoms with Crippen LogP contribution >= 0.6 is 0 Å². The third kappa shape index (κ3) is 5.18. The van der Waals surface area contributed by atoms with Gasteiger partial charge in [0.1, 0.15) is 6.17 Å². The van der Waals surface area contributed by atoms with Crippen molar-refractivity contribution in [2.45, 2.75) is 33.4 Å². The van der Waals surface area contributed by atoms with E-state index in [4.69, 9.17) is 5.73 Å². The maximum absolute atomic E-state index is 11.0. The van der Waals surface area contributed by atoms with Crippen LogP contribution in [0, 0.1) is 0 Å². The van der Waals surface area contributed by atoms with Crippen molar-refractivity contribution in [3.05, 3.63) is 35.9 Å². The van der Waals surface area contributed by atoms with Crippen molar-refractivity contribution in [3.63, 3.8) is 0 Å². The molecular formula is C12H20N2O. The molecule has 0 radical (unpaired) electrons. The molecule has 1 unspecified atom stereocenters. The molecule has 84 valence electrons. The number of amides is 1. The summed E-state index contributed by atoms with van der Waals surface area (Å²) in [7, 11) is 0. The average Bonchev–Trinajstić information content (AvgIpc) is 2.32. The van der Waals surface area contributed by atoms with Crippen LogP contribution in [-0.4, -0.2) is 5.91 Å². The van der Waals surface area contributed by atoms with E-state index in [9.17, 15) is 4.79 Å². The van der Waals surface area contributed by atoms with Crippen molar-refractivity contribution in [2.75, 3.05) is 0 Å². The van der Waals surface area contributed by atoms with Gasteiger partial charge in [-0.15, -0.1) is 0 Å². The molecule has 0 bridgehead atoms. The van der Waals surface area contributed by atoms with E-state index in [0.29, 0.717) is 6.42 Å². The van der Waals surface area contributed by atoms with Crippen molar-refractivity contribution in [2.24, 2.45) is 5.73 Å². The van der Waals surface area contributed by atoms with Gasteiger partial charge in [0.25, 0.3) is 0 Å². The van der Waals surface area contributed by atoms with Gasteiger partial charge >= 0.3 is 0 Å². The van der Waals surface area contributed by atoms with Crippen molar-refractivity contribution in [3.8, 4) is 0 Å². The van der Waals surface area contributed by atoms with E-state index in [1.165, 1.54) is 0 Å². The molecule has 3 heteroatoms. The van der Waals surface area contributed by atoms with Crippen molar-refractivity contribution in [1.29, 1.82) is 0 Å². The average molecular weight is 208 g/mol. The van der Waals surface area contributed by atoms with E-state index in [-0.39, 0.29) is 5.91 Å². The lowest BCUT2D eigenvalue weighted by molar-refractivity contribution is -0.121. The Bertz CT molecular complexity index is 272. The molecule has 0 aliphatic rings. The molecule has 0 saturated heterocycles. The van der Waals surface area contributed by atoms with E-state index < -0.39 is 6.17 Å². The molecule has 0 aromatic heterocycles. The zero-order chi connectivity index (χ0) is 11.7. The zero-order valence-corrected chi connectivity index (χ0v) is 9.66. The molecule has 0 saturated carbocycles. The van der Waals surface area contributed by atoms with Crippen LogP contribution in [0.5, 0.6) is 0 Å². The minimum absolute atomic E-state index is 0.0312. The normalized spacial score (nSPS) is 10.9. The molecule has 15 heavy (non-hydrogen) atoms. The summed E-state index contributed by atoms with van der Waals surface area (Å²) in [5, 5.41) is 2.68. The molecule has 1 atom stereocenters. The molecule has 0 aliphatic carbocycles. The van der Waals surface area contributed by atoms with Gasteiger partial charge in [-0.1, -0.05) is 51.1 Å². The lowest BCUT2D eigenvalue weighted by atomic mass is 10.2. The van der Waals surface area contributed by atoms with E-state index in [1.54, 1.807) is 6.92 Å². The highest BCUT2D eigenvalue weighted by molar-refractivity contribution is 5.75. The highest BCUT2D eigenvalue weighted by Gasteiger charge is 2.06. The minimum atomic E-state index is -0.395. The summed E-state index contributed by atoms with van der Waals surface area (Å²) >= 11 is 0. The largest absolute Gasteiger partial charge is 0.337 e. The molecule has 3 nitrogen and oxygen atoms in total. The second kappa shape index (κ2) is 8.00. The van der Waals surface area contributed by atoms with Crippen LogP contribution < -0.4 is 11.1 Å². The maximum Gasteiger partial charge on any atom is 0.221 e. The van der Waals surface area contributed by atoms with Crippen molar-refractivity contribution >= 4 is 5.91 Å². The second-order valence-electron chi connectivity index (χ2n) is 2.81. The summed E-state index contributed by atoms with van der Waals surface area (Å²) in [6, 6.07) is 9.49. The van der Waals surface area contributed by atoms with Crippen molar-refractivity contribution < 1.29 is 4.79 Å². The van der Waals surface area contributed by atoms with Gasteiger partial charge in [0.2, 0.25) is 5.91 Å². The van der Waals surface area contributed by atoms with E-state index >= 15 is 0 Å². The predicted octanol–water partition coefficient (Wildman–Crippen LogP) is 2.20. The monoisotopic (exact) mass is 208 g/mol. The lowest BCUT2D eigenvalue weighted by Crippen LogP contribution is -2.33. The van der Waals surface area contributed by atoms with E-state index in [0.717, 1.165) is 5.56 Å². The first kappa shape index (κ1) is 13.7. The number of hydrogen-bond donors (Lipinski definition) is 2. The molecular weight excluding hydrogens is 188 g/mol. The van der Waals surface area contributed by atoms with Gasteiger partial charge in [-0.25, -0.2) is 0 Å². The van der Waals surface area contributed by atoms with Crippen LogP contribution in [-0.2, 0) is 4.79 Å². The Balaban J connectivity index is 0.000000921. The molecule has 0 heterocycles. The summed E-state index contributed by atoms with van der Waals surface area (Å²) in [6.45, 7) is 5.80. The van der Waals surface area contributed by atoms with Crippen LogP contribution in [0.1, 0.15) is 38.9 Å². The van der Waals surface area contributed by atoms with Crippen molar-refractivity contribution in [1.82, 2.24) is 5.32 Å². The van der Waals surface area contributed by atoms with Gasteiger partial charge in [0.15, 0.2) is 0 Å². The smallest absolute Gasteiger partial charge is 0.221 e. The standard InChI is InChI=1S/C10H14N2O.C2H6/c1-2-9(13)12-10(11)8-6-4-3-5-7-8;1-2/h3-7,10H,2,11H2,1H3,(H,12,13);1-2H3. The van der Waals surface area contributed by atoms with Crippen LogP contribution in [0.3, 0.4) is 0 Å². The third-order valence-electron chi connectivity index (χ3n) is 1.80. The summed E-state index contributed by atoms with van der Waals surface area (Å²) in [4.78, 5) is 11.0. The number of carbonyl (C=O) groups excluding carboxylic acids is 1.